The number of rotatable bonds is 5. The van der Waals surface area contributed by atoms with Crippen molar-refractivity contribution < 1.29 is 0 Å². The zero-order valence-electron chi connectivity index (χ0n) is 10.8. The van der Waals surface area contributed by atoms with Crippen molar-refractivity contribution in [1.29, 1.82) is 0 Å². The van der Waals surface area contributed by atoms with Gasteiger partial charge in [-0.2, -0.15) is 10.2 Å². The summed E-state index contributed by atoms with van der Waals surface area (Å²) in [6.07, 6.45) is 1.71. The van der Waals surface area contributed by atoms with Gasteiger partial charge in [-0.05, 0) is 13.5 Å². The summed E-state index contributed by atoms with van der Waals surface area (Å²) in [5, 5.41) is 12.5. The molecule has 2 heterocycles. The third kappa shape index (κ3) is 2.70. The van der Waals surface area contributed by atoms with E-state index in [9.17, 15) is 0 Å². The van der Waals surface area contributed by atoms with Crippen LogP contribution in [0.4, 0.5) is 0 Å². The van der Waals surface area contributed by atoms with Gasteiger partial charge in [0.1, 0.15) is 6.33 Å². The highest BCUT2D eigenvalue weighted by atomic mass is 35.5. The van der Waals surface area contributed by atoms with Gasteiger partial charge in [0.2, 0.25) is 0 Å². The summed E-state index contributed by atoms with van der Waals surface area (Å²) in [5.74, 6) is 0.784. The van der Waals surface area contributed by atoms with Crippen LogP contribution >= 0.6 is 11.6 Å². The normalized spacial score (nSPS) is 11.1. The largest absolute Gasteiger partial charge is 0.310 e. The molecule has 7 heteroatoms. The van der Waals surface area contributed by atoms with Crippen molar-refractivity contribution in [3.63, 3.8) is 0 Å². The number of halogens is 1. The molecule has 0 aliphatic carbocycles. The second-order valence-corrected chi connectivity index (χ2v) is 4.49. The van der Waals surface area contributed by atoms with Crippen molar-refractivity contribution in [2.24, 2.45) is 7.05 Å². The topological polar surface area (TPSA) is 60.6 Å². The molecule has 0 saturated carbocycles. The number of aryl methyl sites for hydroxylation is 2. The third-order valence-electron chi connectivity index (χ3n) is 2.69. The van der Waals surface area contributed by atoms with E-state index in [1.54, 1.807) is 15.7 Å². The summed E-state index contributed by atoms with van der Waals surface area (Å²) in [6, 6.07) is 0. The fraction of sp³-hybridized carbons (Fsp3) is 0.545. The maximum Gasteiger partial charge on any atom is 0.164 e. The summed E-state index contributed by atoms with van der Waals surface area (Å²) in [4.78, 5) is 4.23. The number of hydrogen-bond acceptors (Lipinski definition) is 4. The van der Waals surface area contributed by atoms with Gasteiger partial charge in [0.25, 0.3) is 0 Å². The van der Waals surface area contributed by atoms with Gasteiger partial charge in [0.15, 0.2) is 5.82 Å². The standard InChI is InChI=1S/C11H17ClN6/c1-4-13-5-10-14-7-18(16-10)6-9-11(12)8(2)15-17(9)3/h7,13H,4-6H2,1-3H3. The summed E-state index contributed by atoms with van der Waals surface area (Å²) in [5.41, 5.74) is 1.77. The molecule has 0 bridgehead atoms. The molecule has 0 aromatic carbocycles. The predicted octanol–water partition coefficient (Wildman–Crippen LogP) is 1.13. The average molecular weight is 269 g/mol. The van der Waals surface area contributed by atoms with Crippen LogP contribution in [0, 0.1) is 6.92 Å². The smallest absolute Gasteiger partial charge is 0.164 e. The van der Waals surface area contributed by atoms with Crippen LogP contribution in [0.1, 0.15) is 24.1 Å². The number of aromatic nitrogens is 5. The van der Waals surface area contributed by atoms with E-state index in [1.165, 1.54) is 0 Å². The molecular weight excluding hydrogens is 252 g/mol. The highest BCUT2D eigenvalue weighted by molar-refractivity contribution is 6.31. The van der Waals surface area contributed by atoms with E-state index in [1.807, 2.05) is 14.0 Å². The maximum absolute atomic E-state index is 6.20. The molecule has 0 aliphatic rings. The van der Waals surface area contributed by atoms with Crippen LogP contribution < -0.4 is 5.32 Å². The van der Waals surface area contributed by atoms with E-state index >= 15 is 0 Å². The first-order valence-corrected chi connectivity index (χ1v) is 6.26. The van der Waals surface area contributed by atoms with Crippen LogP contribution in [0.5, 0.6) is 0 Å². The lowest BCUT2D eigenvalue weighted by molar-refractivity contribution is 0.603. The summed E-state index contributed by atoms with van der Waals surface area (Å²) in [7, 11) is 1.88. The van der Waals surface area contributed by atoms with E-state index in [2.05, 4.69) is 27.4 Å². The molecule has 0 amide bonds. The number of nitrogens with zero attached hydrogens (tertiary/aromatic N) is 5. The van der Waals surface area contributed by atoms with Gasteiger partial charge in [-0.1, -0.05) is 18.5 Å². The Morgan fingerprint density at radius 1 is 1.39 bits per heavy atom. The Morgan fingerprint density at radius 2 is 2.17 bits per heavy atom. The number of hydrogen-bond donors (Lipinski definition) is 1. The van der Waals surface area contributed by atoms with Crippen LogP contribution in [0.25, 0.3) is 0 Å². The zero-order valence-corrected chi connectivity index (χ0v) is 11.6. The van der Waals surface area contributed by atoms with Gasteiger partial charge >= 0.3 is 0 Å². The minimum atomic E-state index is 0.579. The molecule has 0 unspecified atom stereocenters. The third-order valence-corrected chi connectivity index (χ3v) is 3.18. The van der Waals surface area contributed by atoms with E-state index in [-0.39, 0.29) is 0 Å². The van der Waals surface area contributed by atoms with Crippen molar-refractivity contribution in [3.05, 3.63) is 28.6 Å². The van der Waals surface area contributed by atoms with E-state index in [0.29, 0.717) is 18.1 Å². The highest BCUT2D eigenvalue weighted by Gasteiger charge is 2.12. The van der Waals surface area contributed by atoms with Crippen molar-refractivity contribution in [3.8, 4) is 0 Å². The Morgan fingerprint density at radius 3 is 2.78 bits per heavy atom. The minimum absolute atomic E-state index is 0.579. The van der Waals surface area contributed by atoms with Crippen molar-refractivity contribution in [2.75, 3.05) is 6.54 Å². The van der Waals surface area contributed by atoms with Crippen LogP contribution in [0.3, 0.4) is 0 Å². The molecule has 98 valence electrons. The Labute approximate surface area is 111 Å². The highest BCUT2D eigenvalue weighted by Crippen LogP contribution is 2.19. The summed E-state index contributed by atoms with van der Waals surface area (Å²) < 4.78 is 3.55. The van der Waals surface area contributed by atoms with Gasteiger partial charge in [-0.3, -0.25) is 4.68 Å². The fourth-order valence-corrected chi connectivity index (χ4v) is 1.95. The molecule has 0 saturated heterocycles. The zero-order chi connectivity index (χ0) is 13.1. The lowest BCUT2D eigenvalue weighted by Gasteiger charge is -2.02. The Balaban J connectivity index is 2.11. The van der Waals surface area contributed by atoms with Gasteiger partial charge < -0.3 is 5.32 Å². The molecule has 2 aromatic heterocycles. The second-order valence-electron chi connectivity index (χ2n) is 4.11. The minimum Gasteiger partial charge on any atom is -0.310 e. The fourth-order valence-electron chi connectivity index (χ4n) is 1.73. The SMILES string of the molecule is CCNCc1ncn(Cc2c(Cl)c(C)nn2C)n1. The Kier molecular flexibility index (Phi) is 3.98. The quantitative estimate of drug-likeness (QED) is 0.883. The van der Waals surface area contributed by atoms with E-state index < -0.39 is 0 Å². The first-order chi connectivity index (χ1) is 8.61. The molecule has 2 aromatic rings. The molecule has 0 fully saturated rings. The van der Waals surface area contributed by atoms with Crippen molar-refractivity contribution in [2.45, 2.75) is 26.9 Å². The van der Waals surface area contributed by atoms with Crippen LogP contribution in [-0.2, 0) is 20.1 Å². The average Bonchev–Trinajstić information content (AvgIpc) is 2.88. The number of nitrogens with one attached hydrogen (secondary N) is 1. The van der Waals surface area contributed by atoms with Gasteiger partial charge in [0, 0.05) is 7.05 Å². The lowest BCUT2D eigenvalue weighted by Crippen LogP contribution is -2.13. The van der Waals surface area contributed by atoms with Gasteiger partial charge in [-0.25, -0.2) is 9.67 Å². The van der Waals surface area contributed by atoms with Crippen LogP contribution in [0.15, 0.2) is 6.33 Å². The summed E-state index contributed by atoms with van der Waals surface area (Å²) >= 11 is 6.20. The predicted molar refractivity (Wildman–Crippen MR) is 69.5 cm³/mol. The summed E-state index contributed by atoms with van der Waals surface area (Å²) in [6.45, 7) is 6.11. The van der Waals surface area contributed by atoms with Crippen LogP contribution in [-0.4, -0.2) is 31.1 Å². The molecule has 0 atom stereocenters. The molecule has 0 radical (unpaired) electrons. The first-order valence-electron chi connectivity index (χ1n) is 5.88. The molecule has 0 aliphatic heterocycles. The molecule has 6 nitrogen and oxygen atoms in total. The van der Waals surface area contributed by atoms with Crippen molar-refractivity contribution >= 4 is 11.6 Å². The van der Waals surface area contributed by atoms with E-state index in [4.69, 9.17) is 11.6 Å². The molecule has 1 N–H and O–H groups in total. The first kappa shape index (κ1) is 13.0. The molecule has 2 rings (SSSR count). The Hall–Kier alpha value is -1.40. The van der Waals surface area contributed by atoms with Crippen molar-refractivity contribution in [1.82, 2.24) is 29.9 Å². The van der Waals surface area contributed by atoms with Gasteiger partial charge in [0.05, 0.1) is 29.5 Å². The van der Waals surface area contributed by atoms with Gasteiger partial charge in [-0.15, -0.1) is 0 Å². The molecule has 18 heavy (non-hydrogen) atoms. The van der Waals surface area contributed by atoms with Crippen LogP contribution in [0.2, 0.25) is 5.02 Å². The molecular formula is C11H17ClN6. The maximum atomic E-state index is 6.20. The Bertz CT molecular complexity index is 530. The van der Waals surface area contributed by atoms with E-state index in [0.717, 1.165) is 23.8 Å². The second kappa shape index (κ2) is 5.49. The monoisotopic (exact) mass is 268 g/mol. The lowest BCUT2D eigenvalue weighted by atomic mass is 10.3. The molecule has 0 spiro atoms.